The van der Waals surface area contributed by atoms with Crippen molar-refractivity contribution in [2.24, 2.45) is 5.92 Å². The molecule has 134 valence electrons. The normalized spacial score (nSPS) is 15.2. The van der Waals surface area contributed by atoms with E-state index in [1.165, 1.54) is 0 Å². The number of hydrogen-bond acceptors (Lipinski definition) is 7. The molecule has 2 heterocycles. The Balaban J connectivity index is 1.38. The first-order chi connectivity index (χ1) is 12.3. The standard InChI is InChI=1S/C18H23N3O3S/c1-2-23-17(22)15-3-5-16(6-4-15)24-12-9-14-7-10-21(11-8-14)18-20-19-13-25-18/h3-6,13-14H,2,7-12H2,1H3. The van der Waals surface area contributed by atoms with Gasteiger partial charge in [-0.05, 0) is 56.4 Å². The van der Waals surface area contributed by atoms with Crippen LogP contribution in [0.5, 0.6) is 5.75 Å². The monoisotopic (exact) mass is 361 g/mol. The Morgan fingerprint density at radius 1 is 1.28 bits per heavy atom. The molecule has 25 heavy (non-hydrogen) atoms. The number of ether oxygens (including phenoxy) is 2. The fourth-order valence-electron chi connectivity index (χ4n) is 2.96. The van der Waals surface area contributed by atoms with Gasteiger partial charge in [0.1, 0.15) is 11.3 Å². The Bertz CT molecular complexity index is 653. The van der Waals surface area contributed by atoms with Crippen LogP contribution in [0, 0.1) is 5.92 Å². The number of aromatic nitrogens is 2. The minimum absolute atomic E-state index is 0.295. The Hall–Kier alpha value is -2.15. The number of esters is 1. The molecule has 2 aromatic rings. The van der Waals surface area contributed by atoms with E-state index in [4.69, 9.17) is 9.47 Å². The molecule has 0 atom stereocenters. The van der Waals surface area contributed by atoms with Gasteiger partial charge in [-0.3, -0.25) is 0 Å². The molecular formula is C18H23N3O3S. The van der Waals surface area contributed by atoms with Crippen LogP contribution in [0.1, 0.15) is 36.5 Å². The fraction of sp³-hybridized carbons (Fsp3) is 0.500. The molecule has 7 heteroatoms. The molecule has 0 aliphatic carbocycles. The number of anilines is 1. The van der Waals surface area contributed by atoms with Gasteiger partial charge in [0.05, 0.1) is 18.8 Å². The van der Waals surface area contributed by atoms with Gasteiger partial charge in [0, 0.05) is 13.1 Å². The van der Waals surface area contributed by atoms with Crippen LogP contribution < -0.4 is 9.64 Å². The molecule has 0 radical (unpaired) electrons. The molecule has 1 aromatic carbocycles. The highest BCUT2D eigenvalue weighted by Gasteiger charge is 2.21. The van der Waals surface area contributed by atoms with Crippen LogP contribution in [0.4, 0.5) is 5.13 Å². The third-order valence-electron chi connectivity index (χ3n) is 4.39. The van der Waals surface area contributed by atoms with Crippen molar-refractivity contribution in [2.75, 3.05) is 31.2 Å². The summed E-state index contributed by atoms with van der Waals surface area (Å²) in [4.78, 5) is 13.9. The Kier molecular flexibility index (Phi) is 6.22. The first-order valence-corrected chi connectivity index (χ1v) is 9.55. The van der Waals surface area contributed by atoms with E-state index in [2.05, 4.69) is 15.1 Å². The molecule has 1 aliphatic rings. The van der Waals surface area contributed by atoms with Crippen molar-refractivity contribution in [1.82, 2.24) is 10.2 Å². The van der Waals surface area contributed by atoms with Gasteiger partial charge < -0.3 is 14.4 Å². The molecule has 0 unspecified atom stereocenters. The molecule has 0 amide bonds. The second kappa shape index (κ2) is 8.80. The van der Waals surface area contributed by atoms with Crippen molar-refractivity contribution >= 4 is 22.4 Å². The summed E-state index contributed by atoms with van der Waals surface area (Å²) in [6.45, 7) is 4.95. The van der Waals surface area contributed by atoms with Crippen molar-refractivity contribution in [3.63, 3.8) is 0 Å². The number of piperidine rings is 1. The Morgan fingerprint density at radius 2 is 2.04 bits per heavy atom. The molecule has 0 N–H and O–H groups in total. The van der Waals surface area contributed by atoms with Gasteiger partial charge in [-0.1, -0.05) is 11.3 Å². The maximum Gasteiger partial charge on any atom is 0.338 e. The molecule has 0 spiro atoms. The number of rotatable bonds is 7. The Labute approximate surface area is 151 Å². The Morgan fingerprint density at radius 3 is 2.68 bits per heavy atom. The molecule has 0 saturated carbocycles. The minimum Gasteiger partial charge on any atom is -0.494 e. The van der Waals surface area contributed by atoms with Crippen LogP contribution in [0.2, 0.25) is 0 Å². The number of carbonyl (C=O) groups excluding carboxylic acids is 1. The first kappa shape index (κ1) is 17.7. The van der Waals surface area contributed by atoms with Crippen LogP contribution in [0.15, 0.2) is 29.8 Å². The topological polar surface area (TPSA) is 64.6 Å². The number of nitrogens with zero attached hydrogens (tertiary/aromatic N) is 3. The summed E-state index contributed by atoms with van der Waals surface area (Å²) in [6, 6.07) is 7.14. The smallest absolute Gasteiger partial charge is 0.338 e. The van der Waals surface area contributed by atoms with E-state index < -0.39 is 0 Å². The zero-order valence-electron chi connectivity index (χ0n) is 14.4. The van der Waals surface area contributed by atoms with Crippen LogP contribution in [-0.2, 0) is 4.74 Å². The second-order valence-corrected chi connectivity index (χ2v) is 6.85. The molecule has 1 saturated heterocycles. The minimum atomic E-state index is -0.295. The maximum absolute atomic E-state index is 11.6. The van der Waals surface area contributed by atoms with Gasteiger partial charge in [0.25, 0.3) is 0 Å². The SMILES string of the molecule is CCOC(=O)c1ccc(OCCC2CCN(c3nncs3)CC2)cc1. The van der Waals surface area contributed by atoms with Crippen molar-refractivity contribution in [2.45, 2.75) is 26.2 Å². The number of carbonyl (C=O) groups is 1. The molecule has 1 fully saturated rings. The van der Waals surface area contributed by atoms with Gasteiger partial charge in [-0.25, -0.2) is 4.79 Å². The average molecular weight is 361 g/mol. The van der Waals surface area contributed by atoms with Crippen LogP contribution in [0.3, 0.4) is 0 Å². The largest absolute Gasteiger partial charge is 0.494 e. The van der Waals surface area contributed by atoms with Gasteiger partial charge >= 0.3 is 5.97 Å². The summed E-state index contributed by atoms with van der Waals surface area (Å²) in [5, 5.41) is 9.06. The molecule has 1 aromatic heterocycles. The average Bonchev–Trinajstić information content (AvgIpc) is 3.18. The highest BCUT2D eigenvalue weighted by molar-refractivity contribution is 7.13. The molecule has 1 aliphatic heterocycles. The van der Waals surface area contributed by atoms with Crippen molar-refractivity contribution in [3.05, 3.63) is 35.3 Å². The molecular weight excluding hydrogens is 338 g/mol. The van der Waals surface area contributed by atoms with Crippen molar-refractivity contribution in [3.8, 4) is 5.75 Å². The lowest BCUT2D eigenvalue weighted by Gasteiger charge is -2.31. The van der Waals surface area contributed by atoms with Gasteiger partial charge in [-0.2, -0.15) is 0 Å². The summed E-state index contributed by atoms with van der Waals surface area (Å²) >= 11 is 1.60. The van der Waals surface area contributed by atoms with E-state index in [-0.39, 0.29) is 5.97 Å². The zero-order chi connectivity index (χ0) is 17.5. The van der Waals surface area contributed by atoms with E-state index >= 15 is 0 Å². The highest BCUT2D eigenvalue weighted by Crippen LogP contribution is 2.26. The van der Waals surface area contributed by atoms with Crippen molar-refractivity contribution < 1.29 is 14.3 Å². The van der Waals surface area contributed by atoms with E-state index in [1.807, 2.05) is 12.1 Å². The van der Waals surface area contributed by atoms with Crippen LogP contribution >= 0.6 is 11.3 Å². The van der Waals surface area contributed by atoms with Crippen LogP contribution in [-0.4, -0.2) is 42.5 Å². The lowest BCUT2D eigenvalue weighted by molar-refractivity contribution is 0.0526. The summed E-state index contributed by atoms with van der Waals surface area (Å²) in [5.74, 6) is 1.18. The van der Waals surface area contributed by atoms with Gasteiger partial charge in [0.15, 0.2) is 0 Å². The molecule has 6 nitrogen and oxygen atoms in total. The lowest BCUT2D eigenvalue weighted by Crippen LogP contribution is -2.34. The summed E-state index contributed by atoms with van der Waals surface area (Å²) in [7, 11) is 0. The van der Waals surface area contributed by atoms with Crippen molar-refractivity contribution in [1.29, 1.82) is 0 Å². The van der Waals surface area contributed by atoms with E-state index in [0.29, 0.717) is 24.7 Å². The summed E-state index contributed by atoms with van der Waals surface area (Å²) in [5.41, 5.74) is 2.33. The predicted molar refractivity (Wildman–Crippen MR) is 97.4 cm³/mol. The highest BCUT2D eigenvalue weighted by atomic mass is 32.1. The molecule has 0 bridgehead atoms. The second-order valence-electron chi connectivity index (χ2n) is 6.03. The molecule has 3 rings (SSSR count). The number of benzene rings is 1. The first-order valence-electron chi connectivity index (χ1n) is 8.67. The quantitative estimate of drug-likeness (QED) is 0.704. The van der Waals surface area contributed by atoms with E-state index in [9.17, 15) is 4.79 Å². The summed E-state index contributed by atoms with van der Waals surface area (Å²) in [6.07, 6.45) is 3.36. The third-order valence-corrected chi connectivity index (χ3v) is 5.14. The van der Waals surface area contributed by atoms with E-state index in [1.54, 1.807) is 35.9 Å². The number of hydrogen-bond donors (Lipinski definition) is 0. The maximum atomic E-state index is 11.6. The van der Waals surface area contributed by atoms with Crippen LogP contribution in [0.25, 0.3) is 0 Å². The zero-order valence-corrected chi connectivity index (χ0v) is 15.2. The lowest BCUT2D eigenvalue weighted by atomic mass is 9.94. The van der Waals surface area contributed by atoms with Gasteiger partial charge in [-0.15, -0.1) is 10.2 Å². The summed E-state index contributed by atoms with van der Waals surface area (Å²) < 4.78 is 10.8. The van der Waals surface area contributed by atoms with Gasteiger partial charge in [0.2, 0.25) is 5.13 Å². The third kappa shape index (κ3) is 4.92. The predicted octanol–water partition coefficient (Wildman–Crippen LogP) is 3.40. The fourth-order valence-corrected chi connectivity index (χ4v) is 3.58. The van der Waals surface area contributed by atoms with E-state index in [0.717, 1.165) is 43.2 Å².